The molecular formula is C5H12SSi. The van der Waals surface area contributed by atoms with Crippen LogP contribution in [0.2, 0.25) is 13.1 Å². The lowest BCUT2D eigenvalue weighted by Gasteiger charge is -2.39. The van der Waals surface area contributed by atoms with Crippen molar-refractivity contribution in [2.45, 2.75) is 24.9 Å². The molecule has 7 heavy (non-hydrogen) atoms. The second-order valence-electron chi connectivity index (χ2n) is 2.94. The van der Waals surface area contributed by atoms with Crippen LogP contribution in [-0.2, 0) is 0 Å². The molecule has 0 aromatic carbocycles. The smallest absolute Gasteiger partial charge is 0.0714 e. The summed E-state index contributed by atoms with van der Waals surface area (Å²) in [4.78, 5) is 1.03. The second-order valence-corrected chi connectivity index (χ2v) is 10.4. The zero-order chi connectivity index (χ0) is 5.49. The van der Waals surface area contributed by atoms with Crippen molar-refractivity contribution in [2.75, 3.05) is 5.38 Å². The molecule has 1 aliphatic heterocycles. The molecule has 0 bridgehead atoms. The molecule has 0 amide bonds. The van der Waals surface area contributed by atoms with E-state index in [0.717, 1.165) is 4.87 Å². The Hall–Kier alpha value is 0.567. The first-order valence-corrected chi connectivity index (χ1v) is 7.08. The largest absolute Gasteiger partial charge is 0.165 e. The normalized spacial score (nSPS) is 37.3. The van der Waals surface area contributed by atoms with Gasteiger partial charge in [-0.1, -0.05) is 20.0 Å². The van der Waals surface area contributed by atoms with Gasteiger partial charge in [-0.05, 0) is 10.2 Å². The minimum Gasteiger partial charge on any atom is -0.165 e. The first-order chi connectivity index (χ1) is 3.13. The fourth-order valence-electron chi connectivity index (χ4n) is 0.583. The van der Waals surface area contributed by atoms with Gasteiger partial charge in [0.2, 0.25) is 0 Å². The van der Waals surface area contributed by atoms with Crippen LogP contribution in [0.1, 0.15) is 6.92 Å². The molecule has 0 nitrogen and oxygen atoms in total. The fourth-order valence-corrected chi connectivity index (χ4v) is 5.25. The molecule has 2 heteroatoms. The molecule has 1 saturated heterocycles. The first kappa shape index (κ1) is 5.70. The van der Waals surface area contributed by atoms with Crippen LogP contribution in [0, 0.1) is 0 Å². The molecular weight excluding hydrogens is 120 g/mol. The van der Waals surface area contributed by atoms with Crippen molar-refractivity contribution in [3.05, 3.63) is 0 Å². The van der Waals surface area contributed by atoms with Gasteiger partial charge < -0.3 is 0 Å². The Morgan fingerprint density at radius 2 is 2.00 bits per heavy atom. The monoisotopic (exact) mass is 132 g/mol. The topological polar surface area (TPSA) is 0 Å². The molecule has 0 radical (unpaired) electrons. The van der Waals surface area contributed by atoms with Crippen molar-refractivity contribution in [1.29, 1.82) is 0 Å². The summed E-state index contributed by atoms with van der Waals surface area (Å²) in [7, 11) is -0.591. The highest BCUT2D eigenvalue weighted by atomic mass is 32.2. The molecule has 42 valence electrons. The van der Waals surface area contributed by atoms with Crippen LogP contribution in [0.15, 0.2) is 0 Å². The highest BCUT2D eigenvalue weighted by Crippen LogP contribution is 2.35. The fraction of sp³-hybridized carbons (Fsp3) is 1.00. The Morgan fingerprint density at radius 1 is 1.57 bits per heavy atom. The first-order valence-electron chi connectivity index (χ1n) is 2.74. The molecule has 0 aromatic rings. The molecule has 0 saturated carbocycles. The predicted molar refractivity (Wildman–Crippen MR) is 39.4 cm³/mol. The summed E-state index contributed by atoms with van der Waals surface area (Å²) >= 11 is 2.13. The van der Waals surface area contributed by atoms with Gasteiger partial charge in [-0.15, -0.1) is 0 Å². The molecule has 1 fully saturated rings. The van der Waals surface area contributed by atoms with Crippen LogP contribution in [0.25, 0.3) is 0 Å². The van der Waals surface area contributed by atoms with E-state index in [1.54, 1.807) is 0 Å². The third-order valence-corrected chi connectivity index (χ3v) is 10.6. The standard InChI is InChI=1S/C5H12SSi/c1-5-6-4-7(5,2)3/h5H,4H2,1-3H3. The van der Waals surface area contributed by atoms with E-state index < -0.39 is 8.07 Å². The summed E-state index contributed by atoms with van der Waals surface area (Å²) in [5, 5.41) is 1.49. The van der Waals surface area contributed by atoms with E-state index in [1.807, 2.05) is 0 Å². The van der Waals surface area contributed by atoms with Crippen LogP contribution < -0.4 is 0 Å². The van der Waals surface area contributed by atoms with Crippen LogP contribution in [-0.4, -0.2) is 18.3 Å². The summed E-state index contributed by atoms with van der Waals surface area (Å²) in [5.41, 5.74) is 0. The second kappa shape index (κ2) is 1.52. The quantitative estimate of drug-likeness (QED) is 0.454. The van der Waals surface area contributed by atoms with E-state index in [1.165, 1.54) is 5.38 Å². The Labute approximate surface area is 50.7 Å². The Balaban J connectivity index is 2.43. The van der Waals surface area contributed by atoms with Gasteiger partial charge >= 0.3 is 0 Å². The molecule has 1 rings (SSSR count). The average molecular weight is 132 g/mol. The lowest BCUT2D eigenvalue weighted by molar-refractivity contribution is 1.24. The lowest BCUT2D eigenvalue weighted by atomic mass is 10.9. The van der Waals surface area contributed by atoms with Crippen molar-refractivity contribution in [3.8, 4) is 0 Å². The van der Waals surface area contributed by atoms with Crippen LogP contribution in [0.4, 0.5) is 0 Å². The van der Waals surface area contributed by atoms with E-state index in [-0.39, 0.29) is 0 Å². The van der Waals surface area contributed by atoms with E-state index >= 15 is 0 Å². The third-order valence-electron chi connectivity index (χ3n) is 1.81. The van der Waals surface area contributed by atoms with Gasteiger partial charge in [-0.25, -0.2) is 0 Å². The minimum absolute atomic E-state index is 0.591. The van der Waals surface area contributed by atoms with E-state index in [2.05, 4.69) is 31.8 Å². The number of hydrogen-bond donors (Lipinski definition) is 0. The Bertz CT molecular complexity index is 80.1. The number of rotatable bonds is 0. The maximum absolute atomic E-state index is 2.47. The number of hydrogen-bond acceptors (Lipinski definition) is 1. The van der Waals surface area contributed by atoms with Crippen molar-refractivity contribution < 1.29 is 0 Å². The molecule has 0 aromatic heterocycles. The van der Waals surface area contributed by atoms with Crippen molar-refractivity contribution in [3.63, 3.8) is 0 Å². The molecule has 1 atom stereocenters. The van der Waals surface area contributed by atoms with Gasteiger partial charge in [-0.3, -0.25) is 0 Å². The highest BCUT2D eigenvalue weighted by Gasteiger charge is 2.37. The van der Waals surface area contributed by atoms with Gasteiger partial charge in [0.05, 0.1) is 8.07 Å². The van der Waals surface area contributed by atoms with Crippen LogP contribution >= 0.6 is 11.8 Å². The maximum atomic E-state index is 2.47. The highest BCUT2D eigenvalue weighted by molar-refractivity contribution is 8.07. The van der Waals surface area contributed by atoms with Gasteiger partial charge in [0.15, 0.2) is 0 Å². The summed E-state index contributed by atoms with van der Waals surface area (Å²) in [6.45, 7) is 7.29. The third kappa shape index (κ3) is 0.867. The molecule has 0 spiro atoms. The Morgan fingerprint density at radius 3 is 2.00 bits per heavy atom. The SMILES string of the molecule is CC1SC[Si]1(C)C. The van der Waals surface area contributed by atoms with Gasteiger partial charge in [0.1, 0.15) is 0 Å². The summed E-state index contributed by atoms with van der Waals surface area (Å²) in [5.74, 6) is 0. The maximum Gasteiger partial charge on any atom is 0.0714 e. The van der Waals surface area contributed by atoms with Crippen molar-refractivity contribution >= 4 is 19.8 Å². The summed E-state index contributed by atoms with van der Waals surface area (Å²) < 4.78 is 0. The molecule has 0 aliphatic carbocycles. The van der Waals surface area contributed by atoms with E-state index in [9.17, 15) is 0 Å². The number of thioether (sulfide) groups is 1. The molecule has 1 unspecified atom stereocenters. The molecule has 0 N–H and O–H groups in total. The molecule has 1 aliphatic rings. The summed E-state index contributed by atoms with van der Waals surface area (Å²) in [6.07, 6.45) is 0. The van der Waals surface area contributed by atoms with Gasteiger partial charge in [0.25, 0.3) is 0 Å². The molecule has 1 heterocycles. The zero-order valence-corrected chi connectivity index (χ0v) is 7.01. The van der Waals surface area contributed by atoms with E-state index in [4.69, 9.17) is 0 Å². The van der Waals surface area contributed by atoms with Crippen molar-refractivity contribution in [2.24, 2.45) is 0 Å². The summed E-state index contributed by atoms with van der Waals surface area (Å²) in [6, 6.07) is 0. The van der Waals surface area contributed by atoms with Gasteiger partial charge in [0, 0.05) is 0 Å². The minimum atomic E-state index is -0.591. The zero-order valence-electron chi connectivity index (χ0n) is 5.19. The van der Waals surface area contributed by atoms with Crippen molar-refractivity contribution in [1.82, 2.24) is 0 Å². The van der Waals surface area contributed by atoms with E-state index in [0.29, 0.717) is 0 Å². The average Bonchev–Trinajstić information content (AvgIpc) is 1.63. The lowest BCUT2D eigenvalue weighted by Crippen LogP contribution is -2.50. The van der Waals surface area contributed by atoms with Gasteiger partial charge in [-0.2, -0.15) is 11.8 Å². The predicted octanol–water partition coefficient (Wildman–Crippen LogP) is 1.91. The Kier molecular flexibility index (Phi) is 1.24. The van der Waals surface area contributed by atoms with Crippen LogP contribution in [0.3, 0.4) is 0 Å². The van der Waals surface area contributed by atoms with Crippen LogP contribution in [0.5, 0.6) is 0 Å².